The molecule has 2 rings (SSSR count). The number of anilines is 1. The number of nitrogens with one attached hydrogen (secondary N) is 1. The first kappa shape index (κ1) is 16.7. The van der Waals surface area contributed by atoms with Crippen LogP contribution in [0.1, 0.15) is 12.5 Å². The molecule has 0 spiro atoms. The van der Waals surface area contributed by atoms with Gasteiger partial charge < -0.3 is 15.3 Å². The number of nitrogens with zero attached hydrogens (tertiary/aromatic N) is 1. The maximum absolute atomic E-state index is 13.6. The van der Waals surface area contributed by atoms with Gasteiger partial charge in [0, 0.05) is 19.2 Å². The number of hydrogen-bond acceptors (Lipinski definition) is 2. The largest absolute Gasteiger partial charge is 0.508 e. The summed E-state index contributed by atoms with van der Waals surface area (Å²) in [5, 5.41) is 11.7. The average Bonchev–Trinajstić information content (AvgIpc) is 2.51. The van der Waals surface area contributed by atoms with E-state index in [1.165, 1.54) is 11.0 Å². The molecule has 2 aromatic carbocycles. The Bertz CT molecular complexity index is 689. The monoisotopic (exact) mass is 320 g/mol. The second-order valence-corrected chi connectivity index (χ2v) is 5.38. The molecular weight excluding hydrogens is 302 g/mol. The van der Waals surface area contributed by atoms with Crippen LogP contribution in [-0.4, -0.2) is 29.1 Å². The number of benzene rings is 2. The third-order valence-corrected chi connectivity index (χ3v) is 3.62. The molecule has 0 heterocycles. The van der Waals surface area contributed by atoms with E-state index < -0.39 is 17.7 Å². The molecule has 122 valence electrons. The van der Waals surface area contributed by atoms with Gasteiger partial charge >= 0.3 is 6.03 Å². The Morgan fingerprint density at radius 2 is 1.87 bits per heavy atom. The van der Waals surface area contributed by atoms with Crippen molar-refractivity contribution in [3.63, 3.8) is 0 Å². The number of halogens is 2. The minimum Gasteiger partial charge on any atom is -0.508 e. The molecule has 1 atom stereocenters. The topological polar surface area (TPSA) is 52.6 Å². The van der Waals surface area contributed by atoms with Gasteiger partial charge in [0.15, 0.2) is 0 Å². The van der Waals surface area contributed by atoms with Crippen LogP contribution in [-0.2, 0) is 6.42 Å². The average molecular weight is 320 g/mol. The molecule has 0 radical (unpaired) electrons. The first-order valence-electron chi connectivity index (χ1n) is 7.13. The van der Waals surface area contributed by atoms with Gasteiger partial charge in [0.05, 0.1) is 5.69 Å². The van der Waals surface area contributed by atoms with Gasteiger partial charge in [0.2, 0.25) is 0 Å². The Balaban J connectivity index is 1.99. The van der Waals surface area contributed by atoms with Crippen LogP contribution in [0.15, 0.2) is 42.5 Å². The van der Waals surface area contributed by atoms with Crippen LogP contribution in [0, 0.1) is 11.6 Å². The molecule has 0 aliphatic carbocycles. The van der Waals surface area contributed by atoms with Gasteiger partial charge in [0.25, 0.3) is 0 Å². The van der Waals surface area contributed by atoms with Crippen molar-refractivity contribution in [2.24, 2.45) is 0 Å². The van der Waals surface area contributed by atoms with Crippen molar-refractivity contribution in [1.29, 1.82) is 0 Å². The highest BCUT2D eigenvalue weighted by atomic mass is 19.1. The molecule has 2 aromatic rings. The molecule has 0 unspecified atom stereocenters. The fraction of sp³-hybridized carbons (Fsp3) is 0.235. The summed E-state index contributed by atoms with van der Waals surface area (Å²) in [4.78, 5) is 13.6. The first-order chi connectivity index (χ1) is 10.9. The Labute approximate surface area is 133 Å². The van der Waals surface area contributed by atoms with E-state index in [0.717, 1.165) is 17.7 Å². The molecule has 0 aromatic heterocycles. The minimum absolute atomic E-state index is 0.0694. The number of phenolic OH excluding ortho intramolecular Hbond substituents is 1. The quantitative estimate of drug-likeness (QED) is 0.901. The summed E-state index contributed by atoms with van der Waals surface area (Å²) in [6.07, 6.45) is 0.579. The fourth-order valence-electron chi connectivity index (χ4n) is 2.10. The molecule has 4 nitrogen and oxygen atoms in total. The van der Waals surface area contributed by atoms with Crippen LogP contribution in [0.25, 0.3) is 0 Å². The van der Waals surface area contributed by atoms with Crippen molar-refractivity contribution >= 4 is 11.7 Å². The summed E-state index contributed by atoms with van der Waals surface area (Å²) >= 11 is 0. The number of hydrogen-bond donors (Lipinski definition) is 2. The van der Waals surface area contributed by atoms with Crippen molar-refractivity contribution < 1.29 is 18.7 Å². The van der Waals surface area contributed by atoms with Gasteiger partial charge in [-0.1, -0.05) is 12.1 Å². The van der Waals surface area contributed by atoms with E-state index in [1.54, 1.807) is 31.3 Å². The Morgan fingerprint density at radius 1 is 1.22 bits per heavy atom. The lowest BCUT2D eigenvalue weighted by molar-refractivity contribution is 0.207. The zero-order chi connectivity index (χ0) is 17.0. The number of urea groups is 1. The highest BCUT2D eigenvalue weighted by molar-refractivity contribution is 5.89. The molecule has 0 aliphatic rings. The smallest absolute Gasteiger partial charge is 0.321 e. The van der Waals surface area contributed by atoms with Crippen LogP contribution in [0.2, 0.25) is 0 Å². The van der Waals surface area contributed by atoms with Crippen LogP contribution in [0.4, 0.5) is 19.3 Å². The Kier molecular flexibility index (Phi) is 5.16. The second kappa shape index (κ2) is 7.09. The number of carbonyl (C=O) groups excluding carboxylic acids is 1. The summed E-state index contributed by atoms with van der Waals surface area (Å²) in [5.74, 6) is -1.34. The lowest BCUT2D eigenvalue weighted by Gasteiger charge is -2.25. The number of likely N-dealkylation sites (N-methyl/N-ethyl adjacent to an activating group) is 1. The van der Waals surface area contributed by atoms with Crippen LogP contribution in [0.3, 0.4) is 0 Å². The van der Waals surface area contributed by atoms with E-state index in [-0.39, 0.29) is 17.5 Å². The predicted molar refractivity (Wildman–Crippen MR) is 84.4 cm³/mol. The minimum atomic E-state index is -0.821. The van der Waals surface area contributed by atoms with Crippen molar-refractivity contribution in [2.45, 2.75) is 19.4 Å². The SMILES string of the molecule is C[C@@H](Cc1ccc(O)cc1)N(C)C(=O)Nc1ccc(F)cc1F. The molecule has 23 heavy (non-hydrogen) atoms. The van der Waals surface area contributed by atoms with Gasteiger partial charge in [-0.25, -0.2) is 13.6 Å². The molecule has 0 saturated heterocycles. The zero-order valence-electron chi connectivity index (χ0n) is 12.9. The summed E-state index contributed by atoms with van der Waals surface area (Å²) in [7, 11) is 1.60. The van der Waals surface area contributed by atoms with Crippen LogP contribution >= 0.6 is 0 Å². The van der Waals surface area contributed by atoms with Crippen molar-refractivity contribution in [3.8, 4) is 5.75 Å². The maximum Gasteiger partial charge on any atom is 0.321 e. The van der Waals surface area contributed by atoms with Crippen molar-refractivity contribution in [2.75, 3.05) is 12.4 Å². The third-order valence-electron chi connectivity index (χ3n) is 3.62. The van der Waals surface area contributed by atoms with Gasteiger partial charge in [-0.05, 0) is 43.2 Å². The molecule has 0 aliphatic heterocycles. The zero-order valence-corrected chi connectivity index (χ0v) is 12.9. The molecular formula is C17H18F2N2O2. The van der Waals surface area contributed by atoms with Gasteiger partial charge in [-0.15, -0.1) is 0 Å². The number of carbonyl (C=O) groups is 1. The van der Waals surface area contributed by atoms with E-state index in [0.29, 0.717) is 6.42 Å². The number of rotatable bonds is 4. The van der Waals surface area contributed by atoms with Gasteiger partial charge in [-0.3, -0.25) is 0 Å². The lowest BCUT2D eigenvalue weighted by atomic mass is 10.1. The highest BCUT2D eigenvalue weighted by Gasteiger charge is 2.17. The summed E-state index contributed by atoms with van der Waals surface area (Å²) in [5.41, 5.74) is 0.892. The first-order valence-corrected chi connectivity index (χ1v) is 7.13. The molecule has 0 saturated carbocycles. The highest BCUT2D eigenvalue weighted by Crippen LogP contribution is 2.17. The molecule has 0 bridgehead atoms. The summed E-state index contributed by atoms with van der Waals surface area (Å²) in [6.45, 7) is 1.85. The van der Waals surface area contributed by atoms with Crippen molar-refractivity contribution in [3.05, 3.63) is 59.7 Å². The maximum atomic E-state index is 13.6. The number of aromatic hydroxyl groups is 1. The van der Waals surface area contributed by atoms with E-state index in [1.807, 2.05) is 6.92 Å². The molecule has 6 heteroatoms. The standard InChI is InChI=1S/C17H18F2N2O2/c1-11(9-12-3-6-14(22)7-4-12)21(2)17(23)20-16-8-5-13(18)10-15(16)19/h3-8,10-11,22H,9H2,1-2H3,(H,20,23)/t11-/m0/s1. The Hall–Kier alpha value is -2.63. The normalized spacial score (nSPS) is 11.8. The molecule has 0 fully saturated rings. The Morgan fingerprint density at radius 3 is 2.48 bits per heavy atom. The molecule has 2 amide bonds. The molecule has 2 N–H and O–H groups in total. The predicted octanol–water partition coefficient (Wildman–Crippen LogP) is 3.77. The van der Waals surface area contributed by atoms with Gasteiger partial charge in [-0.2, -0.15) is 0 Å². The van der Waals surface area contributed by atoms with E-state index in [9.17, 15) is 18.7 Å². The third kappa shape index (κ3) is 4.42. The van der Waals surface area contributed by atoms with Crippen molar-refractivity contribution in [1.82, 2.24) is 4.90 Å². The van der Waals surface area contributed by atoms with E-state index in [4.69, 9.17) is 0 Å². The van der Waals surface area contributed by atoms with E-state index in [2.05, 4.69) is 5.32 Å². The fourth-order valence-corrected chi connectivity index (χ4v) is 2.10. The summed E-state index contributed by atoms with van der Waals surface area (Å²) < 4.78 is 26.4. The second-order valence-electron chi connectivity index (χ2n) is 5.38. The van der Waals surface area contributed by atoms with Crippen LogP contribution < -0.4 is 5.32 Å². The van der Waals surface area contributed by atoms with E-state index >= 15 is 0 Å². The van der Waals surface area contributed by atoms with Crippen LogP contribution in [0.5, 0.6) is 5.75 Å². The number of amides is 2. The van der Waals surface area contributed by atoms with Gasteiger partial charge in [0.1, 0.15) is 17.4 Å². The lowest BCUT2D eigenvalue weighted by Crippen LogP contribution is -2.39. The number of phenols is 1. The summed E-state index contributed by atoms with van der Waals surface area (Å²) in [6, 6.07) is 9.06.